The van der Waals surface area contributed by atoms with Crippen molar-refractivity contribution in [1.29, 1.82) is 0 Å². The third-order valence-corrected chi connectivity index (χ3v) is 0.878. The summed E-state index contributed by atoms with van der Waals surface area (Å²) < 4.78 is 0. The fourth-order valence-electron chi connectivity index (χ4n) is 0.439. The Kier molecular flexibility index (Phi) is 3.32. The lowest BCUT2D eigenvalue weighted by Gasteiger charge is -1.86. The van der Waals surface area contributed by atoms with Gasteiger partial charge in [0.2, 0.25) is 0 Å². The number of carbonyl (C=O) groups excluding carboxylic acids is 1. The average molecular weight is 172 g/mol. The normalized spacial score (nSPS) is 8.33. The van der Waals surface area contributed by atoms with Crippen molar-refractivity contribution in [3.63, 3.8) is 0 Å². The summed E-state index contributed by atoms with van der Waals surface area (Å²) in [7, 11) is 0. The Labute approximate surface area is 65.9 Å². The van der Waals surface area contributed by atoms with Crippen LogP contribution in [0.15, 0.2) is 0 Å². The van der Waals surface area contributed by atoms with Gasteiger partial charge in [0.25, 0.3) is 5.78 Å². The molecule has 0 fully saturated rings. The van der Waals surface area contributed by atoms with E-state index in [2.05, 4.69) is 4.79 Å². The predicted octanol–water partition coefficient (Wildman–Crippen LogP) is -1.21. The van der Waals surface area contributed by atoms with Crippen LogP contribution in [0.5, 0.6) is 0 Å². The molecule has 0 aromatic rings. The number of carboxylic acids is 2. The minimum Gasteiger partial charge on any atom is -0.481 e. The number of hydrogen-bond acceptors (Lipinski definition) is 3. The average Bonchev–Trinajstić information content (AvgIpc) is 1.85. The molecule has 0 aromatic heterocycles. The quantitative estimate of drug-likeness (QED) is 0.238. The zero-order valence-electron chi connectivity index (χ0n) is 5.72. The molecular formula is C5H4N2O5. The molecule has 7 heteroatoms. The molecule has 0 aromatic carbocycles. The number of hydrogen-bond donors (Lipinski definition) is 2. The van der Waals surface area contributed by atoms with Crippen molar-refractivity contribution < 1.29 is 29.4 Å². The maximum Gasteiger partial charge on any atom is 0.441 e. The summed E-state index contributed by atoms with van der Waals surface area (Å²) in [5, 5.41) is 16.2. The third-order valence-electron chi connectivity index (χ3n) is 0.878. The minimum absolute atomic E-state index is 1.01. The molecule has 12 heavy (non-hydrogen) atoms. The number of aliphatic carboxylic acids is 2. The second-order valence-electron chi connectivity index (χ2n) is 1.75. The maximum atomic E-state index is 10.6. The first-order valence-electron chi connectivity index (χ1n) is 2.69. The molecule has 0 atom stereocenters. The highest BCUT2D eigenvalue weighted by Crippen LogP contribution is 1.85. The van der Waals surface area contributed by atoms with Crippen LogP contribution in [-0.2, 0) is 14.4 Å². The number of ketones is 1. The van der Waals surface area contributed by atoms with Gasteiger partial charge in [0, 0.05) is 0 Å². The summed E-state index contributed by atoms with van der Waals surface area (Å²) in [4.78, 5) is 32.7. The van der Waals surface area contributed by atoms with Gasteiger partial charge in [-0.1, -0.05) is 0 Å². The Bertz CT molecular complexity index is 288. The van der Waals surface area contributed by atoms with Gasteiger partial charge in [-0.05, 0) is 0 Å². The van der Waals surface area contributed by atoms with Crippen molar-refractivity contribution in [1.82, 2.24) is 0 Å². The van der Waals surface area contributed by atoms with E-state index in [9.17, 15) is 14.4 Å². The van der Waals surface area contributed by atoms with Crippen LogP contribution in [0.3, 0.4) is 0 Å². The molecule has 0 rings (SSSR count). The molecule has 0 heterocycles. The van der Waals surface area contributed by atoms with E-state index in [-0.39, 0.29) is 0 Å². The molecule has 7 nitrogen and oxygen atoms in total. The standard InChI is InChI=1S/C5H4N2O5/c6-7-4(5(11)12)2(8)1-3(9)10/h1H2,(H,9,10)(H,11,12). The Balaban J connectivity index is 4.57. The summed E-state index contributed by atoms with van der Waals surface area (Å²) in [5.74, 6) is -4.50. The molecule has 0 unspecified atom stereocenters. The van der Waals surface area contributed by atoms with Crippen LogP contribution in [0.1, 0.15) is 6.42 Å². The molecule has 0 saturated carbocycles. The topological polar surface area (TPSA) is 128 Å². The van der Waals surface area contributed by atoms with Crippen LogP contribution < -0.4 is 0 Å². The van der Waals surface area contributed by atoms with Gasteiger partial charge in [-0.15, -0.1) is 0 Å². The number of nitrogens with zero attached hydrogens (tertiary/aromatic N) is 2. The van der Waals surface area contributed by atoms with Gasteiger partial charge in [0.15, 0.2) is 0 Å². The first-order chi connectivity index (χ1) is 5.49. The first kappa shape index (κ1) is 9.99. The molecule has 0 radical (unpaired) electrons. The minimum atomic E-state index is -1.76. The maximum absolute atomic E-state index is 10.6. The molecule has 0 aliphatic rings. The summed E-state index contributed by atoms with van der Waals surface area (Å²) >= 11 is 0. The smallest absolute Gasteiger partial charge is 0.441 e. The molecule has 0 bridgehead atoms. The third kappa shape index (κ3) is 2.72. The van der Waals surface area contributed by atoms with Crippen LogP contribution >= 0.6 is 0 Å². The molecule has 0 spiro atoms. The van der Waals surface area contributed by atoms with Crippen LogP contribution in [0, 0.1) is 0 Å². The van der Waals surface area contributed by atoms with Gasteiger partial charge in [0.05, 0.1) is 0 Å². The van der Waals surface area contributed by atoms with Crippen molar-refractivity contribution in [2.45, 2.75) is 6.42 Å². The van der Waals surface area contributed by atoms with Gasteiger partial charge >= 0.3 is 17.7 Å². The fourth-order valence-corrected chi connectivity index (χ4v) is 0.439. The van der Waals surface area contributed by atoms with Crippen LogP contribution in [0.4, 0.5) is 0 Å². The SMILES string of the molecule is [N-]=[N+]=C(C(=O)O)C(=O)CC(=O)O. The van der Waals surface area contributed by atoms with E-state index in [0.717, 1.165) is 0 Å². The predicted molar refractivity (Wildman–Crippen MR) is 33.5 cm³/mol. The second-order valence-corrected chi connectivity index (χ2v) is 1.75. The van der Waals surface area contributed by atoms with E-state index in [1.54, 1.807) is 0 Å². The Morgan fingerprint density at radius 1 is 1.25 bits per heavy atom. The molecule has 2 N–H and O–H groups in total. The lowest BCUT2D eigenvalue weighted by atomic mass is 10.2. The number of carbonyl (C=O) groups is 3. The van der Waals surface area contributed by atoms with E-state index < -0.39 is 29.9 Å². The Morgan fingerprint density at radius 2 is 1.75 bits per heavy atom. The monoisotopic (exact) mass is 172 g/mol. The number of carboxylic acid groups (broad SMARTS) is 2. The molecule has 0 aliphatic heterocycles. The Morgan fingerprint density at radius 3 is 2.00 bits per heavy atom. The molecule has 64 valence electrons. The number of rotatable bonds is 4. The molecule has 0 saturated heterocycles. The summed E-state index contributed by atoms with van der Waals surface area (Å²) in [5.41, 5.74) is 6.79. The highest BCUT2D eigenvalue weighted by atomic mass is 16.4. The Hall–Kier alpha value is -2.01. The van der Waals surface area contributed by atoms with Crippen molar-refractivity contribution >= 4 is 23.4 Å². The summed E-state index contributed by atoms with van der Waals surface area (Å²) in [6.45, 7) is 0. The van der Waals surface area contributed by atoms with Gasteiger partial charge in [-0.3, -0.25) is 9.59 Å². The van der Waals surface area contributed by atoms with Crippen molar-refractivity contribution in [2.75, 3.05) is 0 Å². The summed E-state index contributed by atoms with van der Waals surface area (Å²) in [6.07, 6.45) is -1.01. The van der Waals surface area contributed by atoms with Crippen molar-refractivity contribution in [2.24, 2.45) is 0 Å². The number of Topliss-reactive ketones (excluding diaryl/α,β-unsaturated/α-hetero) is 1. The van der Waals surface area contributed by atoms with E-state index >= 15 is 0 Å². The lowest BCUT2D eigenvalue weighted by Crippen LogP contribution is -2.26. The van der Waals surface area contributed by atoms with Crippen LogP contribution in [-0.4, -0.2) is 38.4 Å². The molecular weight excluding hydrogens is 168 g/mol. The summed E-state index contributed by atoms with van der Waals surface area (Å²) in [6, 6.07) is 0. The van der Waals surface area contributed by atoms with E-state index in [1.807, 2.05) is 0 Å². The van der Waals surface area contributed by atoms with E-state index in [1.165, 1.54) is 0 Å². The van der Waals surface area contributed by atoms with Crippen LogP contribution in [0.2, 0.25) is 0 Å². The molecule has 0 amide bonds. The first-order valence-corrected chi connectivity index (χ1v) is 2.69. The highest BCUT2D eigenvalue weighted by Gasteiger charge is 2.30. The molecule has 0 aliphatic carbocycles. The lowest BCUT2D eigenvalue weighted by molar-refractivity contribution is -0.141. The van der Waals surface area contributed by atoms with Gasteiger partial charge in [-0.25, -0.2) is 4.79 Å². The van der Waals surface area contributed by atoms with Gasteiger partial charge < -0.3 is 15.7 Å². The van der Waals surface area contributed by atoms with Gasteiger partial charge in [0.1, 0.15) is 6.42 Å². The zero-order chi connectivity index (χ0) is 9.72. The highest BCUT2D eigenvalue weighted by molar-refractivity contribution is 6.62. The van der Waals surface area contributed by atoms with Gasteiger partial charge in [-0.2, -0.15) is 4.79 Å². The van der Waals surface area contributed by atoms with Crippen molar-refractivity contribution in [3.05, 3.63) is 5.53 Å². The van der Waals surface area contributed by atoms with E-state index in [0.29, 0.717) is 0 Å². The van der Waals surface area contributed by atoms with E-state index in [4.69, 9.17) is 15.7 Å². The fraction of sp³-hybridized carbons (Fsp3) is 0.200. The largest absolute Gasteiger partial charge is 0.481 e. The van der Waals surface area contributed by atoms with Crippen LogP contribution in [0.25, 0.3) is 5.53 Å². The second kappa shape index (κ2) is 3.99. The zero-order valence-corrected chi connectivity index (χ0v) is 5.72. The van der Waals surface area contributed by atoms with Crippen molar-refractivity contribution in [3.8, 4) is 0 Å².